The summed E-state index contributed by atoms with van der Waals surface area (Å²) in [6.45, 7) is 1.50. The van der Waals surface area contributed by atoms with Gasteiger partial charge in [0.05, 0.1) is 18.4 Å². The van der Waals surface area contributed by atoms with E-state index >= 15 is 0 Å². The zero-order valence-electron chi connectivity index (χ0n) is 18.6. The number of methoxy groups -OCH3 is 1. The highest BCUT2D eigenvalue weighted by Gasteiger charge is 2.19. The van der Waals surface area contributed by atoms with Crippen molar-refractivity contribution in [3.05, 3.63) is 90.6 Å². The Bertz CT molecular complexity index is 1280. The number of carbonyl (C=O) groups is 2. The summed E-state index contributed by atoms with van der Waals surface area (Å²) in [6, 6.07) is 24.2. The molecule has 4 rings (SSSR count). The van der Waals surface area contributed by atoms with Crippen LogP contribution in [0, 0.1) is 0 Å². The number of amides is 2. The van der Waals surface area contributed by atoms with Crippen LogP contribution in [0.3, 0.4) is 0 Å². The number of rotatable bonds is 6. The first-order valence-corrected chi connectivity index (χ1v) is 10.4. The van der Waals surface area contributed by atoms with Gasteiger partial charge in [-0.3, -0.25) is 9.59 Å². The van der Waals surface area contributed by atoms with Crippen molar-refractivity contribution >= 4 is 23.2 Å². The number of benzene rings is 3. The molecule has 33 heavy (non-hydrogen) atoms. The number of hydrogen-bond acceptors (Lipinski definition) is 4. The van der Waals surface area contributed by atoms with Crippen LogP contribution in [0.5, 0.6) is 5.75 Å². The molecule has 7 heteroatoms. The van der Waals surface area contributed by atoms with Crippen molar-refractivity contribution in [2.75, 3.05) is 24.4 Å². The number of carbonyl (C=O) groups excluding carboxylic acids is 2. The average Bonchev–Trinajstić information content (AvgIpc) is 3.30. The van der Waals surface area contributed by atoms with Crippen LogP contribution in [0.2, 0.25) is 0 Å². The summed E-state index contributed by atoms with van der Waals surface area (Å²) < 4.78 is 7.04. The summed E-state index contributed by atoms with van der Waals surface area (Å²) in [4.78, 5) is 26.4. The van der Waals surface area contributed by atoms with Crippen LogP contribution in [-0.4, -0.2) is 35.8 Å². The van der Waals surface area contributed by atoms with Gasteiger partial charge in [-0.1, -0.05) is 30.3 Å². The molecule has 0 aliphatic heterocycles. The maximum Gasteiger partial charge on any atom is 0.259 e. The Labute approximate surface area is 192 Å². The summed E-state index contributed by atoms with van der Waals surface area (Å²) in [7, 11) is 3.30. The highest BCUT2D eigenvalue weighted by atomic mass is 16.5. The second-order valence-corrected chi connectivity index (χ2v) is 7.48. The molecular weight excluding hydrogens is 416 g/mol. The fourth-order valence-corrected chi connectivity index (χ4v) is 3.39. The lowest BCUT2D eigenvalue weighted by atomic mass is 10.1. The normalized spacial score (nSPS) is 10.5. The van der Waals surface area contributed by atoms with E-state index < -0.39 is 0 Å². The number of aromatic nitrogens is 2. The molecule has 4 aromatic rings. The van der Waals surface area contributed by atoms with Crippen molar-refractivity contribution in [3.63, 3.8) is 0 Å². The Balaban J connectivity index is 1.68. The molecule has 1 N–H and O–H groups in total. The van der Waals surface area contributed by atoms with E-state index in [0.717, 1.165) is 16.9 Å². The van der Waals surface area contributed by atoms with E-state index in [1.165, 1.54) is 11.8 Å². The SMILES string of the molecule is COc1cccc(-c2nn(-c3ccccc3)cc2C(=O)Nc2ccc(N(C)C(C)=O)cc2)c1. The largest absolute Gasteiger partial charge is 0.497 e. The lowest BCUT2D eigenvalue weighted by Crippen LogP contribution is -2.22. The molecule has 0 saturated carbocycles. The number of hydrogen-bond donors (Lipinski definition) is 1. The third-order valence-electron chi connectivity index (χ3n) is 5.31. The summed E-state index contributed by atoms with van der Waals surface area (Å²) in [6.07, 6.45) is 1.72. The molecule has 7 nitrogen and oxygen atoms in total. The van der Waals surface area contributed by atoms with Gasteiger partial charge in [-0.15, -0.1) is 0 Å². The standard InChI is InChI=1S/C26H24N4O3/c1-18(31)29(2)21-14-12-20(13-15-21)27-26(32)24-17-30(22-9-5-4-6-10-22)28-25(24)19-8-7-11-23(16-19)33-3/h4-17H,1-3H3,(H,27,32). The molecule has 0 saturated heterocycles. The molecule has 0 atom stereocenters. The molecule has 0 bridgehead atoms. The molecule has 1 aromatic heterocycles. The van der Waals surface area contributed by atoms with Gasteiger partial charge in [-0.25, -0.2) is 4.68 Å². The number of ether oxygens (including phenoxy) is 1. The first-order chi connectivity index (χ1) is 16.0. The van der Waals surface area contributed by atoms with Gasteiger partial charge in [0, 0.05) is 37.1 Å². The van der Waals surface area contributed by atoms with Crippen molar-refractivity contribution in [2.45, 2.75) is 6.92 Å². The van der Waals surface area contributed by atoms with Gasteiger partial charge in [0.15, 0.2) is 0 Å². The van der Waals surface area contributed by atoms with Gasteiger partial charge in [0.2, 0.25) is 5.91 Å². The van der Waals surface area contributed by atoms with E-state index in [2.05, 4.69) is 5.32 Å². The summed E-state index contributed by atoms with van der Waals surface area (Å²) in [5.74, 6) is 0.323. The van der Waals surface area contributed by atoms with Gasteiger partial charge >= 0.3 is 0 Å². The second-order valence-electron chi connectivity index (χ2n) is 7.48. The third kappa shape index (κ3) is 4.77. The first-order valence-electron chi connectivity index (χ1n) is 10.4. The summed E-state index contributed by atoms with van der Waals surface area (Å²) in [5.41, 5.74) is 3.95. The lowest BCUT2D eigenvalue weighted by molar-refractivity contribution is -0.116. The Morgan fingerprint density at radius 1 is 0.970 bits per heavy atom. The number of anilines is 2. The van der Waals surface area contributed by atoms with Gasteiger partial charge < -0.3 is 15.0 Å². The van der Waals surface area contributed by atoms with Crippen molar-refractivity contribution in [1.29, 1.82) is 0 Å². The zero-order valence-corrected chi connectivity index (χ0v) is 18.6. The number of nitrogens with one attached hydrogen (secondary N) is 1. The fourth-order valence-electron chi connectivity index (χ4n) is 3.39. The molecular formula is C26H24N4O3. The highest BCUT2D eigenvalue weighted by molar-refractivity contribution is 6.08. The summed E-state index contributed by atoms with van der Waals surface area (Å²) in [5, 5.41) is 7.63. The minimum absolute atomic E-state index is 0.0666. The quantitative estimate of drug-likeness (QED) is 0.468. The minimum atomic E-state index is -0.289. The number of nitrogens with zero attached hydrogens (tertiary/aromatic N) is 3. The molecule has 0 fully saturated rings. The molecule has 0 radical (unpaired) electrons. The van der Waals surface area contributed by atoms with E-state index in [0.29, 0.717) is 22.7 Å². The van der Waals surface area contributed by atoms with Gasteiger partial charge in [0.1, 0.15) is 11.4 Å². The molecule has 0 aliphatic rings. The van der Waals surface area contributed by atoms with E-state index in [1.807, 2.05) is 54.6 Å². The zero-order chi connectivity index (χ0) is 23.4. The molecule has 2 amide bonds. The Morgan fingerprint density at radius 2 is 1.70 bits per heavy atom. The molecule has 1 heterocycles. The van der Waals surface area contributed by atoms with Crippen molar-refractivity contribution in [1.82, 2.24) is 9.78 Å². The van der Waals surface area contributed by atoms with Gasteiger partial charge in [-0.05, 0) is 48.5 Å². The Hall–Kier alpha value is -4.39. The Kier molecular flexibility index (Phi) is 6.22. The average molecular weight is 441 g/mol. The minimum Gasteiger partial charge on any atom is -0.497 e. The van der Waals surface area contributed by atoms with Crippen LogP contribution in [0.15, 0.2) is 85.1 Å². The second kappa shape index (κ2) is 9.40. The summed E-state index contributed by atoms with van der Waals surface area (Å²) >= 11 is 0. The van der Waals surface area contributed by atoms with Crippen LogP contribution in [0.1, 0.15) is 17.3 Å². The molecule has 3 aromatic carbocycles. The predicted molar refractivity (Wildman–Crippen MR) is 129 cm³/mol. The van der Waals surface area contributed by atoms with Crippen LogP contribution in [-0.2, 0) is 4.79 Å². The van der Waals surface area contributed by atoms with Crippen molar-refractivity contribution < 1.29 is 14.3 Å². The van der Waals surface area contributed by atoms with Crippen LogP contribution < -0.4 is 15.0 Å². The third-order valence-corrected chi connectivity index (χ3v) is 5.31. The molecule has 0 aliphatic carbocycles. The van der Waals surface area contributed by atoms with Gasteiger partial charge in [0.25, 0.3) is 5.91 Å². The van der Waals surface area contributed by atoms with E-state index in [4.69, 9.17) is 9.84 Å². The molecule has 0 unspecified atom stereocenters. The first kappa shape index (κ1) is 21.8. The van der Waals surface area contributed by atoms with Gasteiger partial charge in [-0.2, -0.15) is 5.10 Å². The monoisotopic (exact) mass is 440 g/mol. The fraction of sp³-hybridized carbons (Fsp3) is 0.115. The topological polar surface area (TPSA) is 76.5 Å². The van der Waals surface area contributed by atoms with Crippen molar-refractivity contribution in [3.8, 4) is 22.7 Å². The molecule has 166 valence electrons. The smallest absolute Gasteiger partial charge is 0.259 e. The highest BCUT2D eigenvalue weighted by Crippen LogP contribution is 2.28. The van der Waals surface area contributed by atoms with Crippen LogP contribution in [0.4, 0.5) is 11.4 Å². The maximum atomic E-state index is 13.3. The number of para-hydroxylation sites is 1. The van der Waals surface area contributed by atoms with Crippen LogP contribution >= 0.6 is 0 Å². The van der Waals surface area contributed by atoms with Crippen molar-refractivity contribution in [2.24, 2.45) is 0 Å². The van der Waals surface area contributed by atoms with Crippen LogP contribution in [0.25, 0.3) is 16.9 Å². The molecule has 0 spiro atoms. The van der Waals surface area contributed by atoms with E-state index in [9.17, 15) is 9.59 Å². The van der Waals surface area contributed by atoms with E-state index in [-0.39, 0.29) is 11.8 Å². The Morgan fingerprint density at radius 3 is 2.36 bits per heavy atom. The lowest BCUT2D eigenvalue weighted by Gasteiger charge is -2.15. The maximum absolute atomic E-state index is 13.3. The van der Waals surface area contributed by atoms with E-state index in [1.54, 1.807) is 49.3 Å². The predicted octanol–water partition coefficient (Wildman–Crippen LogP) is 4.78.